The van der Waals surface area contributed by atoms with E-state index in [2.05, 4.69) is 20.3 Å². The third kappa shape index (κ3) is 4.12. The fraction of sp³-hybridized carbons (Fsp3) is 0.308. The number of aromatic nitrogens is 3. The van der Waals surface area contributed by atoms with E-state index >= 15 is 0 Å². The molecule has 0 amide bonds. The van der Waals surface area contributed by atoms with Crippen molar-refractivity contribution in [2.75, 3.05) is 18.7 Å². The van der Waals surface area contributed by atoms with E-state index in [1.807, 2.05) is 6.92 Å². The van der Waals surface area contributed by atoms with E-state index < -0.39 is 9.84 Å². The molecule has 0 unspecified atom stereocenters. The summed E-state index contributed by atoms with van der Waals surface area (Å²) >= 11 is 0. The van der Waals surface area contributed by atoms with Crippen LogP contribution in [0, 0.1) is 6.92 Å². The smallest absolute Gasteiger partial charge is 0.318 e. The Labute approximate surface area is 123 Å². The summed E-state index contributed by atoms with van der Waals surface area (Å²) in [5, 5.41) is 3.18. The molecule has 0 radical (unpaired) electrons. The van der Waals surface area contributed by atoms with Crippen molar-refractivity contribution < 1.29 is 13.2 Å². The van der Waals surface area contributed by atoms with Gasteiger partial charge in [0.05, 0.1) is 7.11 Å². The summed E-state index contributed by atoms with van der Waals surface area (Å²) in [6, 6.07) is 5.28. The Morgan fingerprint density at radius 3 is 2.62 bits per heavy atom. The molecule has 0 bridgehead atoms. The summed E-state index contributed by atoms with van der Waals surface area (Å²) in [5.74, 6) is 0.631. The van der Waals surface area contributed by atoms with Crippen molar-refractivity contribution in [1.29, 1.82) is 0 Å². The first-order valence-electron chi connectivity index (χ1n) is 6.17. The van der Waals surface area contributed by atoms with Gasteiger partial charge in [-0.25, -0.2) is 18.4 Å². The van der Waals surface area contributed by atoms with Crippen LogP contribution in [0.3, 0.4) is 0 Å². The first-order chi connectivity index (χ1) is 9.88. The third-order valence-electron chi connectivity index (χ3n) is 2.67. The molecule has 0 saturated heterocycles. The molecule has 21 heavy (non-hydrogen) atoms. The molecule has 0 fully saturated rings. The quantitative estimate of drug-likeness (QED) is 0.887. The van der Waals surface area contributed by atoms with E-state index in [-0.39, 0.29) is 5.03 Å². The maximum Gasteiger partial charge on any atom is 0.318 e. The lowest BCUT2D eigenvalue weighted by Gasteiger charge is -2.08. The van der Waals surface area contributed by atoms with Crippen molar-refractivity contribution >= 4 is 15.7 Å². The van der Waals surface area contributed by atoms with Gasteiger partial charge in [0.1, 0.15) is 5.82 Å². The van der Waals surface area contributed by atoms with Gasteiger partial charge in [0.15, 0.2) is 14.9 Å². The number of anilines is 1. The zero-order valence-electron chi connectivity index (χ0n) is 12.0. The van der Waals surface area contributed by atoms with Gasteiger partial charge in [-0.2, -0.15) is 4.98 Å². The number of sulfone groups is 1. The third-order valence-corrected chi connectivity index (χ3v) is 3.67. The topological polar surface area (TPSA) is 94.1 Å². The molecule has 0 aromatic carbocycles. The van der Waals surface area contributed by atoms with E-state index in [1.165, 1.54) is 19.4 Å². The number of ether oxygens (including phenoxy) is 1. The Balaban J connectivity index is 2.08. The van der Waals surface area contributed by atoms with Crippen LogP contribution >= 0.6 is 0 Å². The minimum Gasteiger partial charge on any atom is -0.467 e. The zero-order chi connectivity index (χ0) is 15.5. The monoisotopic (exact) mass is 308 g/mol. The van der Waals surface area contributed by atoms with Crippen molar-refractivity contribution in [1.82, 2.24) is 15.0 Å². The molecule has 0 aliphatic carbocycles. The highest BCUT2D eigenvalue weighted by Crippen LogP contribution is 2.13. The van der Waals surface area contributed by atoms with Crippen LogP contribution in [0.4, 0.5) is 5.82 Å². The van der Waals surface area contributed by atoms with E-state index in [1.54, 1.807) is 12.1 Å². The molecule has 7 nitrogen and oxygen atoms in total. The average Bonchev–Trinajstić information content (AvgIpc) is 2.44. The van der Waals surface area contributed by atoms with Crippen LogP contribution < -0.4 is 10.1 Å². The molecule has 2 aromatic rings. The first-order valence-corrected chi connectivity index (χ1v) is 8.06. The molecular formula is C13H16N4O3S. The maximum atomic E-state index is 11.3. The van der Waals surface area contributed by atoms with Gasteiger partial charge in [-0.15, -0.1) is 0 Å². The molecule has 1 N–H and O–H groups in total. The summed E-state index contributed by atoms with van der Waals surface area (Å²) in [5.41, 5.74) is 1.63. The molecule has 8 heteroatoms. The van der Waals surface area contributed by atoms with Crippen molar-refractivity contribution in [3.63, 3.8) is 0 Å². The molecule has 0 spiro atoms. The molecule has 112 valence electrons. The lowest BCUT2D eigenvalue weighted by molar-refractivity contribution is 0.379. The van der Waals surface area contributed by atoms with Gasteiger partial charge in [0, 0.05) is 30.8 Å². The maximum absolute atomic E-state index is 11.3. The zero-order valence-corrected chi connectivity index (χ0v) is 12.8. The number of rotatable bonds is 5. The van der Waals surface area contributed by atoms with Crippen LogP contribution in [0.25, 0.3) is 0 Å². The van der Waals surface area contributed by atoms with Crippen LogP contribution in [0.5, 0.6) is 6.01 Å². The Hall–Kier alpha value is -2.22. The number of pyridine rings is 1. The molecular weight excluding hydrogens is 292 g/mol. The summed E-state index contributed by atoms with van der Waals surface area (Å²) < 4.78 is 27.6. The van der Waals surface area contributed by atoms with Crippen LogP contribution in [0.2, 0.25) is 0 Å². The summed E-state index contributed by atoms with van der Waals surface area (Å²) in [6.45, 7) is 2.31. The highest BCUT2D eigenvalue weighted by Gasteiger charge is 2.08. The second-order valence-electron chi connectivity index (χ2n) is 4.51. The first kappa shape index (κ1) is 15.2. The summed E-state index contributed by atoms with van der Waals surface area (Å²) in [7, 11) is -1.76. The van der Waals surface area contributed by atoms with Crippen molar-refractivity contribution in [2.24, 2.45) is 0 Å². The second kappa shape index (κ2) is 6.04. The normalized spacial score (nSPS) is 11.2. The largest absolute Gasteiger partial charge is 0.467 e. The Bertz CT molecular complexity index is 730. The van der Waals surface area contributed by atoms with Crippen molar-refractivity contribution in [3.05, 3.63) is 35.7 Å². The Morgan fingerprint density at radius 2 is 2.05 bits per heavy atom. The van der Waals surface area contributed by atoms with Gasteiger partial charge in [-0.1, -0.05) is 6.07 Å². The second-order valence-corrected chi connectivity index (χ2v) is 6.47. The molecule has 0 aliphatic rings. The van der Waals surface area contributed by atoms with E-state index in [0.29, 0.717) is 18.4 Å². The van der Waals surface area contributed by atoms with Gasteiger partial charge in [0.25, 0.3) is 0 Å². The predicted molar refractivity (Wildman–Crippen MR) is 78.0 cm³/mol. The van der Waals surface area contributed by atoms with Gasteiger partial charge >= 0.3 is 6.01 Å². The number of hydrogen-bond acceptors (Lipinski definition) is 7. The standard InChI is InChI=1S/C13H16N4O3S/c1-9-6-11(17-13(16-9)20-2)14-7-10-4-5-12(15-8-10)21(3,18)19/h4-6,8H,7H2,1-3H3,(H,14,16,17). The molecule has 2 aromatic heterocycles. The van der Waals surface area contributed by atoms with E-state index in [9.17, 15) is 8.42 Å². The Morgan fingerprint density at radius 1 is 1.29 bits per heavy atom. The minimum absolute atomic E-state index is 0.0609. The highest BCUT2D eigenvalue weighted by atomic mass is 32.2. The van der Waals surface area contributed by atoms with Crippen LogP contribution in [0.15, 0.2) is 29.4 Å². The average molecular weight is 308 g/mol. The minimum atomic E-state index is -3.27. The molecule has 2 rings (SSSR count). The predicted octanol–water partition coefficient (Wildman–Crippen LogP) is 1.20. The summed E-state index contributed by atoms with van der Waals surface area (Å²) in [6.07, 6.45) is 2.65. The molecule has 0 atom stereocenters. The van der Waals surface area contributed by atoms with Crippen molar-refractivity contribution in [3.8, 4) is 6.01 Å². The van der Waals surface area contributed by atoms with Crippen molar-refractivity contribution in [2.45, 2.75) is 18.5 Å². The lowest BCUT2D eigenvalue weighted by atomic mass is 10.3. The van der Waals surface area contributed by atoms with Gasteiger partial charge in [0.2, 0.25) is 0 Å². The van der Waals surface area contributed by atoms with Crippen LogP contribution in [0.1, 0.15) is 11.3 Å². The fourth-order valence-corrected chi connectivity index (χ4v) is 2.21. The summed E-state index contributed by atoms with van der Waals surface area (Å²) in [4.78, 5) is 12.2. The molecule has 0 aliphatic heterocycles. The Kier molecular flexibility index (Phi) is 4.37. The van der Waals surface area contributed by atoms with Gasteiger partial charge in [-0.3, -0.25) is 0 Å². The number of methoxy groups -OCH3 is 1. The highest BCUT2D eigenvalue weighted by molar-refractivity contribution is 7.90. The number of aryl methyl sites for hydroxylation is 1. The SMILES string of the molecule is COc1nc(C)cc(NCc2ccc(S(C)(=O)=O)nc2)n1. The number of hydrogen-bond donors (Lipinski definition) is 1. The fourth-order valence-electron chi connectivity index (χ4n) is 1.65. The van der Waals surface area contributed by atoms with Crippen LogP contribution in [-0.4, -0.2) is 36.7 Å². The lowest BCUT2D eigenvalue weighted by Crippen LogP contribution is -2.06. The van der Waals surface area contributed by atoms with E-state index in [4.69, 9.17) is 4.74 Å². The number of nitrogens with zero attached hydrogens (tertiary/aromatic N) is 3. The number of nitrogens with one attached hydrogen (secondary N) is 1. The van der Waals surface area contributed by atoms with Crippen LogP contribution in [-0.2, 0) is 16.4 Å². The molecule has 0 saturated carbocycles. The van der Waals surface area contributed by atoms with Gasteiger partial charge < -0.3 is 10.1 Å². The molecule has 2 heterocycles. The van der Waals surface area contributed by atoms with Gasteiger partial charge in [-0.05, 0) is 18.6 Å². The van der Waals surface area contributed by atoms with E-state index in [0.717, 1.165) is 17.5 Å².